The first-order chi connectivity index (χ1) is 18.3. The minimum Gasteiger partial charge on any atom is -0.465 e. The van der Waals surface area contributed by atoms with Crippen molar-refractivity contribution < 1.29 is 32.2 Å². The minimum atomic E-state index is -3.67. The molecule has 2 aromatic carbocycles. The van der Waals surface area contributed by atoms with Gasteiger partial charge in [-0.3, -0.25) is 9.59 Å². The maximum atomic E-state index is 13.1. The number of amides is 1. The fourth-order valence-corrected chi connectivity index (χ4v) is 7.22. The van der Waals surface area contributed by atoms with E-state index in [1.165, 1.54) is 39.9 Å². The van der Waals surface area contributed by atoms with E-state index in [4.69, 9.17) is 14.2 Å². The van der Waals surface area contributed by atoms with Gasteiger partial charge in [-0.25, -0.2) is 8.42 Å². The second-order valence-electron chi connectivity index (χ2n) is 9.20. The third-order valence-corrected chi connectivity index (χ3v) is 9.80. The lowest BCUT2D eigenvalue weighted by Crippen LogP contribution is -2.38. The first kappa shape index (κ1) is 26.4. The van der Waals surface area contributed by atoms with E-state index in [1.54, 1.807) is 30.7 Å². The number of hydrogen-bond acceptors (Lipinski definition) is 8. The summed E-state index contributed by atoms with van der Waals surface area (Å²) in [5.74, 6) is 0.102. The van der Waals surface area contributed by atoms with Gasteiger partial charge in [0.05, 0.1) is 21.7 Å². The lowest BCUT2D eigenvalue weighted by atomic mass is 9.96. The molecule has 1 fully saturated rings. The molecule has 1 aliphatic carbocycles. The van der Waals surface area contributed by atoms with E-state index in [9.17, 15) is 18.0 Å². The first-order valence-corrected chi connectivity index (χ1v) is 14.8. The van der Waals surface area contributed by atoms with E-state index in [0.717, 1.165) is 36.8 Å². The van der Waals surface area contributed by atoms with E-state index in [2.05, 4.69) is 4.99 Å². The number of rotatable bonds is 7. The quantitative estimate of drug-likeness (QED) is 0.405. The number of esters is 1. The number of benzene rings is 2. The molecule has 0 bridgehead atoms. The molecular formula is C26H29N3O7S2. The molecule has 3 aromatic rings. The number of aromatic nitrogens is 1. The molecule has 0 atom stereocenters. The van der Waals surface area contributed by atoms with Crippen LogP contribution in [0.4, 0.5) is 0 Å². The van der Waals surface area contributed by atoms with Crippen LogP contribution in [0.3, 0.4) is 0 Å². The molecule has 5 rings (SSSR count). The van der Waals surface area contributed by atoms with Crippen LogP contribution >= 0.6 is 11.3 Å². The Hall–Kier alpha value is -3.22. The predicted molar refractivity (Wildman–Crippen MR) is 141 cm³/mol. The number of carbonyl (C=O) groups is 2. The Labute approximate surface area is 224 Å². The molecule has 38 heavy (non-hydrogen) atoms. The average molecular weight is 560 g/mol. The average Bonchev–Trinajstić information content (AvgIpc) is 3.51. The van der Waals surface area contributed by atoms with E-state index < -0.39 is 21.9 Å². The van der Waals surface area contributed by atoms with Crippen molar-refractivity contribution in [2.45, 2.75) is 56.5 Å². The lowest BCUT2D eigenvalue weighted by molar-refractivity contribution is -0.143. The molecule has 202 valence electrons. The Kier molecular flexibility index (Phi) is 7.55. The van der Waals surface area contributed by atoms with Crippen LogP contribution in [0, 0.1) is 0 Å². The van der Waals surface area contributed by atoms with Crippen LogP contribution in [0.5, 0.6) is 11.5 Å². The van der Waals surface area contributed by atoms with Gasteiger partial charge in [0, 0.05) is 30.8 Å². The lowest BCUT2D eigenvalue weighted by Gasteiger charge is -2.30. The molecule has 0 spiro atoms. The van der Waals surface area contributed by atoms with Crippen LogP contribution in [0.25, 0.3) is 10.2 Å². The van der Waals surface area contributed by atoms with Gasteiger partial charge in [0.15, 0.2) is 16.3 Å². The molecule has 1 aromatic heterocycles. The smallest absolute Gasteiger partial charge is 0.326 e. The monoisotopic (exact) mass is 559 g/mol. The van der Waals surface area contributed by atoms with Crippen molar-refractivity contribution in [3.05, 3.63) is 46.8 Å². The SMILES string of the molecule is CCOC(=O)Cn1c(=NC(=O)c2ccc(S(=O)(=O)N(C)C3CCCCC3)cc2)sc2cc3c(cc21)OCO3. The number of carbonyl (C=O) groups excluding carboxylic acids is 2. The summed E-state index contributed by atoms with van der Waals surface area (Å²) in [5.41, 5.74) is 0.893. The number of sulfonamides is 1. The molecule has 1 aliphatic heterocycles. The highest BCUT2D eigenvalue weighted by Gasteiger charge is 2.29. The van der Waals surface area contributed by atoms with E-state index in [1.807, 2.05) is 0 Å². The number of fused-ring (bicyclic) bond motifs is 2. The maximum absolute atomic E-state index is 13.1. The molecule has 0 unspecified atom stereocenters. The zero-order chi connectivity index (χ0) is 26.9. The molecule has 0 radical (unpaired) electrons. The molecule has 10 nitrogen and oxygen atoms in total. The standard InChI is InChI=1S/C26H29N3O7S2/c1-3-34-24(30)15-29-20-13-21-22(36-16-35-21)14-23(20)37-26(29)27-25(31)17-9-11-19(12-10-17)38(32,33)28(2)18-7-5-4-6-8-18/h9-14,18H,3-8,15-16H2,1-2H3. The van der Waals surface area contributed by atoms with E-state index >= 15 is 0 Å². The van der Waals surface area contributed by atoms with Gasteiger partial charge in [-0.2, -0.15) is 9.30 Å². The summed E-state index contributed by atoms with van der Waals surface area (Å²) in [6.07, 6.45) is 4.89. The highest BCUT2D eigenvalue weighted by atomic mass is 32.2. The second kappa shape index (κ2) is 10.9. The number of ether oxygens (including phenoxy) is 3. The van der Waals surface area contributed by atoms with Gasteiger partial charge >= 0.3 is 5.97 Å². The Morgan fingerprint density at radius 2 is 1.79 bits per heavy atom. The molecule has 1 amide bonds. The predicted octanol–water partition coefficient (Wildman–Crippen LogP) is 3.69. The summed E-state index contributed by atoms with van der Waals surface area (Å²) in [6.45, 7) is 1.93. The Balaban J connectivity index is 1.45. The third kappa shape index (κ3) is 5.20. The zero-order valence-electron chi connectivity index (χ0n) is 21.2. The summed E-state index contributed by atoms with van der Waals surface area (Å²) in [6, 6.07) is 9.34. The highest BCUT2D eigenvalue weighted by molar-refractivity contribution is 7.89. The summed E-state index contributed by atoms with van der Waals surface area (Å²) in [7, 11) is -2.05. The van der Waals surface area contributed by atoms with E-state index in [-0.39, 0.29) is 36.4 Å². The van der Waals surface area contributed by atoms with Crippen LogP contribution < -0.4 is 14.3 Å². The van der Waals surface area contributed by atoms with Crippen LogP contribution in [0.2, 0.25) is 0 Å². The number of nitrogens with zero attached hydrogens (tertiary/aromatic N) is 3. The van der Waals surface area contributed by atoms with Gasteiger partial charge in [-0.05, 0) is 44.0 Å². The Bertz CT molecular complexity index is 1540. The topological polar surface area (TPSA) is 117 Å². The molecule has 1 saturated carbocycles. The molecule has 2 aliphatic rings. The summed E-state index contributed by atoms with van der Waals surface area (Å²) >= 11 is 1.23. The van der Waals surface area contributed by atoms with Crippen LogP contribution in [0.15, 0.2) is 46.3 Å². The van der Waals surface area contributed by atoms with Gasteiger partial charge in [0.1, 0.15) is 6.54 Å². The summed E-state index contributed by atoms with van der Waals surface area (Å²) in [4.78, 5) is 30.1. The molecule has 12 heteroatoms. The molecule has 2 heterocycles. The number of hydrogen-bond donors (Lipinski definition) is 0. The van der Waals surface area contributed by atoms with Gasteiger partial charge in [0.25, 0.3) is 5.91 Å². The fourth-order valence-electron chi connectivity index (χ4n) is 4.76. The summed E-state index contributed by atoms with van der Waals surface area (Å²) in [5, 5.41) is 0. The van der Waals surface area contributed by atoms with Gasteiger partial charge < -0.3 is 18.8 Å². The van der Waals surface area contributed by atoms with Crippen molar-refractivity contribution in [3.8, 4) is 11.5 Å². The van der Waals surface area contributed by atoms with Crippen molar-refractivity contribution in [2.24, 2.45) is 4.99 Å². The van der Waals surface area contributed by atoms with Crippen molar-refractivity contribution in [3.63, 3.8) is 0 Å². The number of thiazole rings is 1. The van der Waals surface area contributed by atoms with Crippen LogP contribution in [-0.2, 0) is 26.1 Å². The van der Waals surface area contributed by atoms with Crippen LogP contribution in [-0.4, -0.2) is 55.7 Å². The van der Waals surface area contributed by atoms with Crippen molar-refractivity contribution >= 4 is 43.5 Å². The second-order valence-corrected chi connectivity index (χ2v) is 12.2. The van der Waals surface area contributed by atoms with Crippen LogP contribution in [0.1, 0.15) is 49.4 Å². The molecular weight excluding hydrogens is 530 g/mol. The minimum absolute atomic E-state index is 0.00923. The third-order valence-electron chi connectivity index (χ3n) is 6.83. The normalized spacial score (nSPS) is 16.3. The zero-order valence-corrected chi connectivity index (χ0v) is 22.8. The molecule has 0 saturated heterocycles. The van der Waals surface area contributed by atoms with E-state index in [0.29, 0.717) is 21.8 Å². The summed E-state index contributed by atoms with van der Waals surface area (Å²) < 4.78 is 46.1. The fraction of sp³-hybridized carbons (Fsp3) is 0.423. The molecule has 0 N–H and O–H groups in total. The first-order valence-electron chi connectivity index (χ1n) is 12.5. The van der Waals surface area contributed by atoms with Gasteiger partial charge in [0.2, 0.25) is 16.8 Å². The van der Waals surface area contributed by atoms with Gasteiger partial charge in [-0.15, -0.1) is 0 Å². The maximum Gasteiger partial charge on any atom is 0.326 e. The highest BCUT2D eigenvalue weighted by Crippen LogP contribution is 2.37. The van der Waals surface area contributed by atoms with Crippen molar-refractivity contribution in [1.82, 2.24) is 8.87 Å². The largest absolute Gasteiger partial charge is 0.465 e. The Morgan fingerprint density at radius 3 is 2.47 bits per heavy atom. The van der Waals surface area contributed by atoms with Gasteiger partial charge in [-0.1, -0.05) is 30.6 Å². The van der Waals surface area contributed by atoms with Crippen molar-refractivity contribution in [1.29, 1.82) is 0 Å². The Morgan fingerprint density at radius 1 is 1.11 bits per heavy atom. The van der Waals surface area contributed by atoms with Crippen molar-refractivity contribution in [2.75, 3.05) is 20.4 Å².